The van der Waals surface area contributed by atoms with Gasteiger partial charge in [0, 0.05) is 10.9 Å². The molecule has 84 valence electrons. The number of phenols is 1. The summed E-state index contributed by atoms with van der Waals surface area (Å²) in [5, 5.41) is 11.0. The number of hydrogen-bond donors (Lipinski definition) is 2. The first-order valence-corrected chi connectivity index (χ1v) is 6.04. The summed E-state index contributed by atoms with van der Waals surface area (Å²) in [5.41, 5.74) is 0.154. The summed E-state index contributed by atoms with van der Waals surface area (Å²) in [6, 6.07) is 8.17. The van der Waals surface area contributed by atoms with E-state index in [0.29, 0.717) is 10.8 Å². The van der Waals surface area contributed by atoms with Gasteiger partial charge in [0.25, 0.3) is 10.1 Å². The van der Waals surface area contributed by atoms with Gasteiger partial charge in [-0.3, -0.25) is 4.55 Å². The van der Waals surface area contributed by atoms with E-state index in [1.54, 1.807) is 24.3 Å². The van der Waals surface area contributed by atoms with E-state index >= 15 is 0 Å². The fourth-order valence-electron chi connectivity index (χ4n) is 1.67. The molecule has 0 radical (unpaired) electrons. The van der Waals surface area contributed by atoms with Gasteiger partial charge in [0.15, 0.2) is 0 Å². The summed E-state index contributed by atoms with van der Waals surface area (Å²) in [7, 11) is -4.31. The fraction of sp³-hybridized carbons (Fsp3) is 0.0909. The SMILES string of the molecule is Cc1c(S(=O)(=O)O)cc2ccccc2c1O. The van der Waals surface area contributed by atoms with Gasteiger partial charge >= 0.3 is 0 Å². The van der Waals surface area contributed by atoms with E-state index in [1.807, 2.05) is 0 Å². The summed E-state index contributed by atoms with van der Waals surface area (Å²) >= 11 is 0. The van der Waals surface area contributed by atoms with Crippen LogP contribution in [0.4, 0.5) is 0 Å². The third-order valence-electron chi connectivity index (χ3n) is 2.51. The molecule has 0 fully saturated rings. The summed E-state index contributed by atoms with van der Waals surface area (Å²) in [6.07, 6.45) is 0. The minimum atomic E-state index is -4.31. The third kappa shape index (κ3) is 1.64. The van der Waals surface area contributed by atoms with E-state index in [9.17, 15) is 13.5 Å². The second-order valence-corrected chi connectivity index (χ2v) is 4.93. The van der Waals surface area contributed by atoms with Crippen molar-refractivity contribution in [3.05, 3.63) is 35.9 Å². The Balaban J connectivity index is 2.95. The number of aromatic hydroxyl groups is 1. The molecule has 4 nitrogen and oxygen atoms in total. The van der Waals surface area contributed by atoms with Crippen LogP contribution in [0.1, 0.15) is 5.56 Å². The van der Waals surface area contributed by atoms with E-state index in [0.717, 1.165) is 0 Å². The van der Waals surface area contributed by atoms with Crippen molar-refractivity contribution in [1.29, 1.82) is 0 Å². The zero-order chi connectivity index (χ0) is 11.9. The van der Waals surface area contributed by atoms with E-state index in [1.165, 1.54) is 13.0 Å². The summed E-state index contributed by atoms with van der Waals surface area (Å²) in [5.74, 6) is -0.120. The summed E-state index contributed by atoms with van der Waals surface area (Å²) < 4.78 is 31.2. The van der Waals surface area contributed by atoms with Crippen LogP contribution in [-0.4, -0.2) is 18.1 Å². The highest BCUT2D eigenvalue weighted by atomic mass is 32.2. The highest BCUT2D eigenvalue weighted by Crippen LogP contribution is 2.33. The molecule has 2 N–H and O–H groups in total. The van der Waals surface area contributed by atoms with Crippen LogP contribution in [0.3, 0.4) is 0 Å². The monoisotopic (exact) mass is 238 g/mol. The zero-order valence-corrected chi connectivity index (χ0v) is 9.32. The molecule has 2 aromatic carbocycles. The Morgan fingerprint density at radius 1 is 1.19 bits per heavy atom. The number of rotatable bonds is 1. The number of hydrogen-bond acceptors (Lipinski definition) is 3. The molecule has 0 aliphatic rings. The molecule has 0 aliphatic carbocycles. The smallest absolute Gasteiger partial charge is 0.294 e. The van der Waals surface area contributed by atoms with Crippen molar-refractivity contribution < 1.29 is 18.1 Å². The molecule has 0 saturated heterocycles. The Kier molecular flexibility index (Phi) is 2.36. The first-order valence-electron chi connectivity index (χ1n) is 4.60. The zero-order valence-electron chi connectivity index (χ0n) is 8.51. The average Bonchev–Trinajstić information content (AvgIpc) is 2.22. The van der Waals surface area contributed by atoms with Crippen molar-refractivity contribution in [3.8, 4) is 5.75 Å². The van der Waals surface area contributed by atoms with Crippen molar-refractivity contribution in [3.63, 3.8) is 0 Å². The lowest BCUT2D eigenvalue weighted by Crippen LogP contribution is -2.01. The minimum Gasteiger partial charge on any atom is -0.507 e. The highest BCUT2D eigenvalue weighted by molar-refractivity contribution is 7.85. The topological polar surface area (TPSA) is 74.6 Å². The van der Waals surface area contributed by atoms with Gasteiger partial charge in [-0.15, -0.1) is 0 Å². The Hall–Kier alpha value is -1.59. The normalized spacial score (nSPS) is 11.9. The molecule has 0 saturated carbocycles. The molecule has 2 rings (SSSR count). The van der Waals surface area contributed by atoms with Crippen LogP contribution in [-0.2, 0) is 10.1 Å². The maximum atomic E-state index is 11.1. The van der Waals surface area contributed by atoms with Gasteiger partial charge in [-0.1, -0.05) is 24.3 Å². The molecule has 16 heavy (non-hydrogen) atoms. The average molecular weight is 238 g/mol. The van der Waals surface area contributed by atoms with Gasteiger partial charge in [-0.25, -0.2) is 0 Å². The molecule has 5 heteroatoms. The second kappa shape index (κ2) is 3.47. The van der Waals surface area contributed by atoms with Gasteiger partial charge in [0.2, 0.25) is 0 Å². The van der Waals surface area contributed by atoms with Crippen LogP contribution in [0, 0.1) is 6.92 Å². The molecular formula is C11H10O4S. The lowest BCUT2D eigenvalue weighted by molar-refractivity contribution is 0.466. The Morgan fingerprint density at radius 2 is 1.81 bits per heavy atom. The Morgan fingerprint density at radius 3 is 2.44 bits per heavy atom. The van der Waals surface area contributed by atoms with Crippen molar-refractivity contribution in [2.24, 2.45) is 0 Å². The molecule has 0 aliphatic heterocycles. The fourth-order valence-corrected chi connectivity index (χ4v) is 2.43. The van der Waals surface area contributed by atoms with Gasteiger partial charge in [0.05, 0.1) is 0 Å². The van der Waals surface area contributed by atoms with Crippen LogP contribution in [0.15, 0.2) is 35.2 Å². The number of benzene rings is 2. The Bertz CT molecular complexity index is 659. The molecule has 0 bridgehead atoms. The van der Waals surface area contributed by atoms with Crippen LogP contribution >= 0.6 is 0 Å². The quantitative estimate of drug-likeness (QED) is 0.746. The van der Waals surface area contributed by atoms with Crippen LogP contribution in [0.5, 0.6) is 5.75 Å². The predicted octanol–water partition coefficient (Wildman–Crippen LogP) is 2.10. The van der Waals surface area contributed by atoms with Crippen molar-refractivity contribution >= 4 is 20.9 Å². The Labute approximate surface area is 92.9 Å². The number of fused-ring (bicyclic) bond motifs is 1. The molecule has 0 spiro atoms. The minimum absolute atomic E-state index is 0.120. The lowest BCUT2D eigenvalue weighted by atomic mass is 10.1. The van der Waals surface area contributed by atoms with Crippen LogP contribution in [0.2, 0.25) is 0 Å². The van der Waals surface area contributed by atoms with Crippen LogP contribution < -0.4 is 0 Å². The maximum absolute atomic E-state index is 11.1. The first-order chi connectivity index (χ1) is 7.41. The van der Waals surface area contributed by atoms with Gasteiger partial charge in [0.1, 0.15) is 10.6 Å². The van der Waals surface area contributed by atoms with Gasteiger partial charge < -0.3 is 5.11 Å². The van der Waals surface area contributed by atoms with Crippen molar-refractivity contribution in [2.75, 3.05) is 0 Å². The molecule has 0 aromatic heterocycles. The van der Waals surface area contributed by atoms with E-state index in [2.05, 4.69) is 0 Å². The van der Waals surface area contributed by atoms with Gasteiger partial charge in [-0.2, -0.15) is 8.42 Å². The summed E-state index contributed by atoms with van der Waals surface area (Å²) in [6.45, 7) is 1.45. The molecule has 0 unspecified atom stereocenters. The number of phenolic OH excluding ortho intramolecular Hbond substituents is 1. The van der Waals surface area contributed by atoms with Gasteiger partial charge in [-0.05, 0) is 18.4 Å². The first kappa shape index (κ1) is 10.9. The maximum Gasteiger partial charge on any atom is 0.294 e. The summed E-state index contributed by atoms with van der Waals surface area (Å²) in [4.78, 5) is -0.260. The van der Waals surface area contributed by atoms with E-state index in [-0.39, 0.29) is 16.2 Å². The molecule has 0 heterocycles. The van der Waals surface area contributed by atoms with E-state index < -0.39 is 10.1 Å². The largest absolute Gasteiger partial charge is 0.507 e. The van der Waals surface area contributed by atoms with Crippen molar-refractivity contribution in [2.45, 2.75) is 11.8 Å². The van der Waals surface area contributed by atoms with Crippen molar-refractivity contribution in [1.82, 2.24) is 0 Å². The molecule has 0 atom stereocenters. The van der Waals surface area contributed by atoms with Crippen LogP contribution in [0.25, 0.3) is 10.8 Å². The predicted molar refractivity (Wildman–Crippen MR) is 60.2 cm³/mol. The molecular weight excluding hydrogens is 228 g/mol. The molecule has 0 amide bonds. The standard InChI is InChI=1S/C11H10O4S/c1-7-10(16(13,14)15)6-8-4-2-3-5-9(8)11(7)12/h2-6,12H,1H3,(H,13,14,15). The van der Waals surface area contributed by atoms with E-state index in [4.69, 9.17) is 4.55 Å². The second-order valence-electron chi connectivity index (χ2n) is 3.54. The highest BCUT2D eigenvalue weighted by Gasteiger charge is 2.17. The lowest BCUT2D eigenvalue weighted by Gasteiger charge is -2.08. The molecule has 2 aromatic rings. The third-order valence-corrected chi connectivity index (χ3v) is 3.49.